The molecule has 1 aliphatic heterocycles. The van der Waals surface area contributed by atoms with Crippen molar-refractivity contribution < 1.29 is 0 Å². The van der Waals surface area contributed by atoms with Crippen molar-refractivity contribution in [3.63, 3.8) is 0 Å². The Hall–Kier alpha value is -2.64. The van der Waals surface area contributed by atoms with Crippen LogP contribution in [0.1, 0.15) is 38.8 Å². The van der Waals surface area contributed by atoms with Gasteiger partial charge in [0.1, 0.15) is 0 Å². The predicted molar refractivity (Wildman–Crippen MR) is 125 cm³/mol. The second-order valence-electron chi connectivity index (χ2n) is 9.59. The lowest BCUT2D eigenvalue weighted by atomic mass is 9.86. The second-order valence-corrected chi connectivity index (χ2v) is 9.59. The van der Waals surface area contributed by atoms with Gasteiger partial charge in [-0.05, 0) is 56.1 Å². The minimum absolute atomic E-state index is 0.234. The van der Waals surface area contributed by atoms with Gasteiger partial charge in [0.2, 0.25) is 0 Å². The van der Waals surface area contributed by atoms with Crippen LogP contribution in [0, 0.1) is 5.41 Å². The minimum atomic E-state index is 0.234. The van der Waals surface area contributed by atoms with Gasteiger partial charge in [-0.15, -0.1) is 0 Å². The predicted octanol–water partition coefficient (Wildman–Crippen LogP) is 7.41. The van der Waals surface area contributed by atoms with E-state index in [-0.39, 0.29) is 5.41 Å². The Bertz CT molecular complexity index is 1120. The smallest absolute Gasteiger partial charge is 0.0246 e. The molecule has 0 aliphatic carbocycles. The lowest BCUT2D eigenvalue weighted by Crippen LogP contribution is -2.40. The average Bonchev–Trinajstić information content (AvgIpc) is 2.89. The number of rotatable bonds is 1. The van der Waals surface area contributed by atoms with Gasteiger partial charge in [0.05, 0.1) is 0 Å². The average molecular weight is 380 g/mol. The molecule has 1 heteroatoms. The van der Waals surface area contributed by atoms with Gasteiger partial charge in [-0.2, -0.15) is 0 Å². The molecule has 29 heavy (non-hydrogen) atoms. The van der Waals surface area contributed by atoms with Gasteiger partial charge in [0, 0.05) is 19.1 Å². The molecule has 0 saturated heterocycles. The fourth-order valence-electron chi connectivity index (χ4n) is 4.80. The zero-order valence-corrected chi connectivity index (χ0v) is 17.9. The molecule has 0 N–H and O–H groups in total. The summed E-state index contributed by atoms with van der Waals surface area (Å²) in [5.74, 6) is 0. The van der Waals surface area contributed by atoms with E-state index in [0.717, 1.165) is 13.1 Å². The summed E-state index contributed by atoms with van der Waals surface area (Å²) in [5, 5.41) is 5.38. The largest absolute Gasteiger partial charge is 0.292 e. The summed E-state index contributed by atoms with van der Waals surface area (Å²) in [6.07, 6.45) is 0. The van der Waals surface area contributed by atoms with E-state index < -0.39 is 0 Å². The highest BCUT2D eigenvalue weighted by Gasteiger charge is 2.30. The van der Waals surface area contributed by atoms with Crippen LogP contribution in [-0.4, -0.2) is 10.9 Å². The van der Waals surface area contributed by atoms with E-state index in [9.17, 15) is 0 Å². The van der Waals surface area contributed by atoms with E-state index in [2.05, 4.69) is 105 Å². The zero-order valence-electron chi connectivity index (χ0n) is 17.9. The molecule has 0 spiro atoms. The summed E-state index contributed by atoms with van der Waals surface area (Å²) >= 11 is 0. The Morgan fingerprint density at radius 3 is 1.55 bits per heavy atom. The van der Waals surface area contributed by atoms with Crippen LogP contribution in [0.2, 0.25) is 0 Å². The first-order valence-electron chi connectivity index (χ1n) is 10.7. The van der Waals surface area contributed by atoms with Crippen molar-refractivity contribution in [3.05, 3.63) is 83.9 Å². The third kappa shape index (κ3) is 3.05. The molecule has 1 atom stereocenters. The summed E-state index contributed by atoms with van der Waals surface area (Å²) in [6, 6.07) is 27.5. The molecule has 0 saturated carbocycles. The third-order valence-electron chi connectivity index (χ3n) is 6.83. The van der Waals surface area contributed by atoms with E-state index in [0.29, 0.717) is 6.04 Å². The van der Waals surface area contributed by atoms with Crippen LogP contribution in [0.25, 0.3) is 32.7 Å². The van der Waals surface area contributed by atoms with E-state index in [4.69, 9.17) is 0 Å². The molecule has 146 valence electrons. The highest BCUT2D eigenvalue weighted by molar-refractivity contribution is 6.08. The maximum absolute atomic E-state index is 2.66. The van der Waals surface area contributed by atoms with Crippen LogP contribution >= 0.6 is 0 Å². The number of hydrogen-bond acceptors (Lipinski definition) is 1. The highest BCUT2D eigenvalue weighted by Crippen LogP contribution is 2.43. The molecule has 4 aromatic carbocycles. The first-order chi connectivity index (χ1) is 13.9. The summed E-state index contributed by atoms with van der Waals surface area (Å²) in [4.78, 5) is 2.66. The molecule has 0 radical (unpaired) electrons. The first kappa shape index (κ1) is 18.4. The SMILES string of the molecule is C[C@@H](N1Cc2ccc3ccccc3c2-c2c(ccc3ccccc23)C1)C(C)(C)C. The monoisotopic (exact) mass is 379 g/mol. The number of fused-ring (bicyclic) bond motifs is 7. The summed E-state index contributed by atoms with van der Waals surface area (Å²) in [7, 11) is 0. The Balaban J connectivity index is 1.86. The summed E-state index contributed by atoms with van der Waals surface area (Å²) in [5.41, 5.74) is 5.97. The van der Waals surface area contributed by atoms with Gasteiger partial charge >= 0.3 is 0 Å². The van der Waals surface area contributed by atoms with Crippen molar-refractivity contribution in [3.8, 4) is 11.1 Å². The molecule has 1 aliphatic rings. The lowest BCUT2D eigenvalue weighted by Gasteiger charge is -2.37. The molecule has 4 aromatic rings. The Morgan fingerprint density at radius 2 is 1.10 bits per heavy atom. The van der Waals surface area contributed by atoms with E-state index in [1.165, 1.54) is 43.8 Å². The number of hydrogen-bond donors (Lipinski definition) is 0. The molecule has 0 fully saturated rings. The van der Waals surface area contributed by atoms with Crippen molar-refractivity contribution >= 4 is 21.5 Å². The van der Waals surface area contributed by atoms with Gasteiger partial charge in [0.25, 0.3) is 0 Å². The fraction of sp³-hybridized carbons (Fsp3) is 0.286. The third-order valence-corrected chi connectivity index (χ3v) is 6.83. The maximum atomic E-state index is 2.66. The topological polar surface area (TPSA) is 3.24 Å². The van der Waals surface area contributed by atoms with Crippen LogP contribution in [0.15, 0.2) is 72.8 Å². The van der Waals surface area contributed by atoms with Crippen LogP contribution in [0.5, 0.6) is 0 Å². The Kier molecular flexibility index (Phi) is 4.26. The molecule has 1 nitrogen and oxygen atoms in total. The van der Waals surface area contributed by atoms with Gasteiger partial charge in [-0.25, -0.2) is 0 Å². The second kappa shape index (κ2) is 6.71. The number of nitrogens with zero attached hydrogens (tertiary/aromatic N) is 1. The number of benzene rings is 4. The van der Waals surface area contributed by atoms with Gasteiger partial charge in [0.15, 0.2) is 0 Å². The van der Waals surface area contributed by atoms with Crippen molar-refractivity contribution in [1.29, 1.82) is 0 Å². The Morgan fingerprint density at radius 1 is 0.655 bits per heavy atom. The van der Waals surface area contributed by atoms with Crippen molar-refractivity contribution in [2.75, 3.05) is 0 Å². The standard InChI is InChI=1S/C28H29N/c1-19(28(2,3)4)29-17-22-15-13-20-9-5-7-11-24(20)26(22)27-23(18-29)16-14-21-10-6-8-12-25(21)27/h5-16,19H,17-18H2,1-4H3/t19-/m1/s1. The fourth-order valence-corrected chi connectivity index (χ4v) is 4.80. The van der Waals surface area contributed by atoms with Crippen molar-refractivity contribution in [1.82, 2.24) is 4.90 Å². The molecule has 5 rings (SSSR count). The molecular formula is C28H29N. The van der Waals surface area contributed by atoms with Crippen LogP contribution in [0.4, 0.5) is 0 Å². The summed E-state index contributed by atoms with van der Waals surface area (Å²) in [6.45, 7) is 11.4. The van der Waals surface area contributed by atoms with Crippen LogP contribution in [0.3, 0.4) is 0 Å². The lowest BCUT2D eigenvalue weighted by molar-refractivity contribution is 0.0994. The molecule has 0 aromatic heterocycles. The molecule has 1 heterocycles. The minimum Gasteiger partial charge on any atom is -0.292 e. The first-order valence-corrected chi connectivity index (χ1v) is 10.7. The Labute approximate surface area is 174 Å². The van der Waals surface area contributed by atoms with Crippen LogP contribution < -0.4 is 0 Å². The van der Waals surface area contributed by atoms with Gasteiger partial charge < -0.3 is 0 Å². The van der Waals surface area contributed by atoms with Crippen LogP contribution in [-0.2, 0) is 13.1 Å². The highest BCUT2D eigenvalue weighted by atomic mass is 15.2. The van der Waals surface area contributed by atoms with E-state index in [1.54, 1.807) is 0 Å². The molecule has 0 unspecified atom stereocenters. The van der Waals surface area contributed by atoms with E-state index >= 15 is 0 Å². The van der Waals surface area contributed by atoms with Gasteiger partial charge in [-0.3, -0.25) is 4.90 Å². The van der Waals surface area contributed by atoms with Crippen molar-refractivity contribution in [2.24, 2.45) is 5.41 Å². The summed E-state index contributed by atoms with van der Waals surface area (Å²) < 4.78 is 0. The molecule has 0 bridgehead atoms. The molecule has 0 amide bonds. The van der Waals surface area contributed by atoms with Gasteiger partial charge in [-0.1, -0.05) is 93.6 Å². The van der Waals surface area contributed by atoms with E-state index in [1.807, 2.05) is 0 Å². The normalized spacial score (nSPS) is 15.7. The quantitative estimate of drug-likeness (QED) is 0.333. The zero-order chi connectivity index (χ0) is 20.2. The molecular weight excluding hydrogens is 350 g/mol. The van der Waals surface area contributed by atoms with Crippen molar-refractivity contribution in [2.45, 2.75) is 46.8 Å². The maximum Gasteiger partial charge on any atom is 0.0246 e.